The molecule has 0 aliphatic heterocycles. The van der Waals surface area contributed by atoms with E-state index >= 15 is 0 Å². The fraction of sp³-hybridized carbons (Fsp3) is 0.800. The van der Waals surface area contributed by atoms with Gasteiger partial charge in [0.25, 0.3) is 6.21 Å². The monoisotopic (exact) mass is 98.1 g/mol. The molecular weight excluding hydrogens is 88.1 g/mol. The first-order valence-electron chi connectivity index (χ1n) is 2.48. The Kier molecular flexibility index (Phi) is 3.25. The Labute approximate surface area is 43.8 Å². The quantitative estimate of drug-likeness (QED) is 0.284. The van der Waals surface area contributed by atoms with Gasteiger partial charge in [-0.3, -0.25) is 0 Å². The average Bonchev–Trinajstić information content (AvgIpc) is 1.68. The molecule has 0 fully saturated rings. The van der Waals surface area contributed by atoms with Crippen LogP contribution in [-0.2, 0) is 0 Å². The van der Waals surface area contributed by atoms with Crippen LogP contribution in [0.2, 0.25) is 0 Å². The summed E-state index contributed by atoms with van der Waals surface area (Å²) in [6.07, 6.45) is 2.56. The number of rotatable bonds is 2. The van der Waals surface area contributed by atoms with Gasteiger partial charge in [0.1, 0.15) is 0 Å². The average molecular weight is 98.1 g/mol. The summed E-state index contributed by atoms with van der Waals surface area (Å²) in [6.45, 7) is 4.05. The summed E-state index contributed by atoms with van der Waals surface area (Å²) in [4.78, 5) is 2.88. The van der Waals surface area contributed by atoms with E-state index < -0.39 is 0 Å². The summed E-state index contributed by atoms with van der Waals surface area (Å²) in [7, 11) is 0. The minimum Gasteiger partial charge on any atom is -0.362 e. The predicted molar refractivity (Wildman–Crippen MR) is 29.1 cm³/mol. The van der Waals surface area contributed by atoms with E-state index in [4.69, 9.17) is 5.53 Å². The molecule has 0 N–H and O–H groups in total. The zero-order valence-electron chi connectivity index (χ0n) is 4.76. The van der Waals surface area contributed by atoms with Crippen molar-refractivity contribution in [2.45, 2.75) is 20.3 Å². The molecule has 40 valence electrons. The SMILES string of the molecule is CC[C@H](C)C=[N+]=[N-]. The summed E-state index contributed by atoms with van der Waals surface area (Å²) >= 11 is 0. The van der Waals surface area contributed by atoms with Gasteiger partial charge in [-0.2, -0.15) is 4.79 Å². The van der Waals surface area contributed by atoms with Crippen LogP contribution in [0, 0.1) is 5.92 Å². The maximum absolute atomic E-state index is 7.94. The molecule has 2 heteroatoms. The van der Waals surface area contributed by atoms with Crippen molar-refractivity contribution in [2.24, 2.45) is 5.92 Å². The van der Waals surface area contributed by atoms with Crippen LogP contribution >= 0.6 is 0 Å². The van der Waals surface area contributed by atoms with Crippen molar-refractivity contribution in [1.29, 1.82) is 0 Å². The molecular formula is C5H10N2. The lowest BCUT2D eigenvalue weighted by atomic mass is 10.1. The van der Waals surface area contributed by atoms with Gasteiger partial charge in [0.2, 0.25) is 0 Å². The minimum absolute atomic E-state index is 0.407. The Morgan fingerprint density at radius 1 is 1.86 bits per heavy atom. The molecule has 7 heavy (non-hydrogen) atoms. The van der Waals surface area contributed by atoms with Crippen molar-refractivity contribution in [2.75, 3.05) is 0 Å². The van der Waals surface area contributed by atoms with Gasteiger partial charge in [-0.15, -0.1) is 0 Å². The first-order valence-corrected chi connectivity index (χ1v) is 2.48. The van der Waals surface area contributed by atoms with Crippen LogP contribution < -0.4 is 0 Å². The van der Waals surface area contributed by atoms with E-state index in [1.807, 2.05) is 13.8 Å². The number of hydrogen-bond acceptors (Lipinski definition) is 0. The summed E-state index contributed by atoms with van der Waals surface area (Å²) in [6, 6.07) is 0. The molecule has 0 heterocycles. The molecule has 2 nitrogen and oxygen atoms in total. The van der Waals surface area contributed by atoms with E-state index in [9.17, 15) is 0 Å². The normalized spacial score (nSPS) is 12.3. The molecule has 0 aromatic rings. The van der Waals surface area contributed by atoms with Gasteiger partial charge in [0.05, 0.1) is 5.92 Å². The predicted octanol–water partition coefficient (Wildman–Crippen LogP) is 1.33. The summed E-state index contributed by atoms with van der Waals surface area (Å²) in [5.74, 6) is 0.407. The van der Waals surface area contributed by atoms with Gasteiger partial charge in [0.15, 0.2) is 0 Å². The number of hydrogen-bond donors (Lipinski definition) is 0. The molecule has 0 aromatic carbocycles. The third-order valence-corrected chi connectivity index (χ3v) is 0.965. The van der Waals surface area contributed by atoms with Crippen molar-refractivity contribution in [3.63, 3.8) is 0 Å². The van der Waals surface area contributed by atoms with Gasteiger partial charge in [-0.05, 0) is 6.42 Å². The zero-order valence-corrected chi connectivity index (χ0v) is 4.76. The lowest BCUT2D eigenvalue weighted by molar-refractivity contribution is -0.00262. The standard InChI is InChI=1S/C5H10N2/c1-3-5(2)4-7-6/h4-5H,3H2,1-2H3/t5-/m0/s1. The highest BCUT2D eigenvalue weighted by atomic mass is 14.8. The maximum Gasteiger partial charge on any atom is 0.260 e. The van der Waals surface area contributed by atoms with Crippen LogP contribution in [0.15, 0.2) is 0 Å². The van der Waals surface area contributed by atoms with Crippen LogP contribution in [0.3, 0.4) is 0 Å². The van der Waals surface area contributed by atoms with Crippen molar-refractivity contribution in [3.8, 4) is 0 Å². The molecule has 0 saturated carbocycles. The third kappa shape index (κ3) is 3.20. The van der Waals surface area contributed by atoms with E-state index in [1.54, 1.807) is 0 Å². The molecule has 1 atom stereocenters. The Balaban J connectivity index is 3.35. The van der Waals surface area contributed by atoms with Gasteiger partial charge < -0.3 is 5.53 Å². The van der Waals surface area contributed by atoms with Gasteiger partial charge in [0, 0.05) is 0 Å². The molecule has 0 spiro atoms. The second-order valence-electron chi connectivity index (χ2n) is 1.65. The second-order valence-corrected chi connectivity index (χ2v) is 1.65. The first kappa shape index (κ1) is 6.38. The highest BCUT2D eigenvalue weighted by Crippen LogP contribution is 1.92. The lowest BCUT2D eigenvalue weighted by Gasteiger charge is -1.86. The molecule has 0 aliphatic rings. The Morgan fingerprint density at radius 3 is 2.57 bits per heavy atom. The summed E-state index contributed by atoms with van der Waals surface area (Å²) < 4.78 is 0. The molecule has 0 aromatic heterocycles. The fourth-order valence-electron chi connectivity index (χ4n) is 0.219. The summed E-state index contributed by atoms with van der Waals surface area (Å²) in [5, 5.41) is 0. The van der Waals surface area contributed by atoms with Gasteiger partial charge >= 0.3 is 0 Å². The van der Waals surface area contributed by atoms with Crippen LogP contribution in [0.4, 0.5) is 0 Å². The largest absolute Gasteiger partial charge is 0.362 e. The van der Waals surface area contributed by atoms with E-state index in [1.165, 1.54) is 6.21 Å². The molecule has 0 radical (unpaired) electrons. The second kappa shape index (κ2) is 3.57. The van der Waals surface area contributed by atoms with Gasteiger partial charge in [-0.25, -0.2) is 0 Å². The Bertz CT molecular complexity index is 82.1. The van der Waals surface area contributed by atoms with Gasteiger partial charge in [-0.1, -0.05) is 13.8 Å². The highest BCUT2D eigenvalue weighted by Gasteiger charge is 1.94. The van der Waals surface area contributed by atoms with Crippen LogP contribution in [0.1, 0.15) is 20.3 Å². The van der Waals surface area contributed by atoms with E-state index in [-0.39, 0.29) is 0 Å². The van der Waals surface area contributed by atoms with Crippen molar-refractivity contribution in [3.05, 3.63) is 5.53 Å². The van der Waals surface area contributed by atoms with E-state index in [0.29, 0.717) is 5.92 Å². The van der Waals surface area contributed by atoms with Crippen molar-refractivity contribution in [1.82, 2.24) is 0 Å². The highest BCUT2D eigenvalue weighted by molar-refractivity contribution is 5.53. The van der Waals surface area contributed by atoms with Crippen LogP contribution in [0.5, 0.6) is 0 Å². The number of nitrogens with zero attached hydrogens (tertiary/aromatic N) is 2. The molecule has 0 bridgehead atoms. The third-order valence-electron chi connectivity index (χ3n) is 0.965. The Morgan fingerprint density at radius 2 is 2.43 bits per heavy atom. The topological polar surface area (TPSA) is 36.4 Å². The van der Waals surface area contributed by atoms with Crippen LogP contribution in [-0.4, -0.2) is 11.0 Å². The van der Waals surface area contributed by atoms with E-state index in [0.717, 1.165) is 6.42 Å². The lowest BCUT2D eigenvalue weighted by Crippen LogP contribution is -1.91. The molecule has 0 saturated heterocycles. The molecule has 0 rings (SSSR count). The zero-order chi connectivity index (χ0) is 5.70. The summed E-state index contributed by atoms with van der Waals surface area (Å²) in [5.41, 5.74) is 7.94. The molecule has 0 aliphatic carbocycles. The first-order chi connectivity index (χ1) is 3.31. The smallest absolute Gasteiger partial charge is 0.260 e. The Hall–Kier alpha value is -0.620. The minimum atomic E-state index is 0.407. The fourth-order valence-corrected chi connectivity index (χ4v) is 0.219. The van der Waals surface area contributed by atoms with E-state index in [2.05, 4.69) is 4.79 Å². The molecule has 0 amide bonds. The van der Waals surface area contributed by atoms with Crippen LogP contribution in [0.25, 0.3) is 5.53 Å². The maximum atomic E-state index is 7.94. The van der Waals surface area contributed by atoms with Crippen molar-refractivity contribution < 1.29 is 4.79 Å². The van der Waals surface area contributed by atoms with Crippen molar-refractivity contribution >= 4 is 6.21 Å². The molecule has 0 unspecified atom stereocenters.